The van der Waals surface area contributed by atoms with Gasteiger partial charge in [-0.05, 0) is 43.3 Å². The number of esters is 1. The Kier molecular flexibility index (Phi) is 6.84. The van der Waals surface area contributed by atoms with E-state index in [0.29, 0.717) is 16.3 Å². The van der Waals surface area contributed by atoms with Crippen LogP contribution in [0.1, 0.15) is 17.3 Å². The van der Waals surface area contributed by atoms with E-state index in [4.69, 9.17) is 26.4 Å². The van der Waals surface area contributed by atoms with Crippen LogP contribution in [0.2, 0.25) is 5.02 Å². The molecule has 0 spiro atoms. The summed E-state index contributed by atoms with van der Waals surface area (Å²) in [4.78, 5) is 20.8. The smallest absolute Gasteiger partial charge is 0.342 e. The van der Waals surface area contributed by atoms with E-state index >= 15 is 0 Å². The lowest BCUT2D eigenvalue weighted by molar-refractivity contribution is 0.0527. The van der Waals surface area contributed by atoms with Gasteiger partial charge in [-0.15, -0.1) is 0 Å². The number of anilines is 2. The van der Waals surface area contributed by atoms with Crippen LogP contribution in [0, 0.1) is 0 Å². The van der Waals surface area contributed by atoms with Crippen LogP contribution in [0.5, 0.6) is 0 Å². The van der Waals surface area contributed by atoms with Gasteiger partial charge in [0.25, 0.3) is 0 Å². The van der Waals surface area contributed by atoms with Gasteiger partial charge in [0, 0.05) is 29.5 Å². The Bertz CT molecular complexity index is 1480. The number of rotatable bonds is 7. The average Bonchev–Trinajstić information content (AvgIpc) is 3.55. The van der Waals surface area contributed by atoms with Crippen molar-refractivity contribution >= 4 is 39.7 Å². The molecule has 5 rings (SSSR count). The van der Waals surface area contributed by atoms with E-state index in [1.54, 1.807) is 29.9 Å². The number of halogens is 1. The standard InChI is InChI=1S/C28H23ClN4O2S/c1-3-35-27(34)23-18-33(22-16-14-20(29)15-17-22)31-25(23)26-24(19-10-6-4-7-11-19)30-28(36-26)32(2)21-12-8-5-9-13-21/h4-18H,3H2,1-2H3. The Morgan fingerprint density at radius 1 is 0.972 bits per heavy atom. The molecule has 3 aromatic carbocycles. The molecule has 180 valence electrons. The highest BCUT2D eigenvalue weighted by Gasteiger charge is 2.26. The largest absolute Gasteiger partial charge is 0.462 e. The summed E-state index contributed by atoms with van der Waals surface area (Å²) < 4.78 is 7.06. The van der Waals surface area contributed by atoms with Crippen LogP contribution in [0.15, 0.2) is 91.1 Å². The zero-order valence-corrected chi connectivity index (χ0v) is 21.3. The number of aromatic nitrogens is 3. The molecule has 0 aliphatic carbocycles. The van der Waals surface area contributed by atoms with E-state index < -0.39 is 5.97 Å². The van der Waals surface area contributed by atoms with Crippen LogP contribution in [-0.4, -0.2) is 34.4 Å². The summed E-state index contributed by atoms with van der Waals surface area (Å²) in [6.45, 7) is 2.05. The van der Waals surface area contributed by atoms with Crippen molar-refractivity contribution in [3.05, 3.63) is 102 Å². The molecule has 0 saturated heterocycles. The predicted molar refractivity (Wildman–Crippen MR) is 146 cm³/mol. The normalized spacial score (nSPS) is 10.9. The van der Waals surface area contributed by atoms with Crippen LogP contribution >= 0.6 is 22.9 Å². The van der Waals surface area contributed by atoms with E-state index in [-0.39, 0.29) is 6.61 Å². The number of hydrogen-bond acceptors (Lipinski definition) is 6. The molecular weight excluding hydrogens is 492 g/mol. The van der Waals surface area contributed by atoms with Gasteiger partial charge in [0.15, 0.2) is 5.13 Å². The molecule has 6 nitrogen and oxygen atoms in total. The number of carbonyl (C=O) groups is 1. The molecule has 5 aromatic rings. The maximum atomic E-state index is 13.0. The Morgan fingerprint density at radius 3 is 2.31 bits per heavy atom. The molecule has 8 heteroatoms. The Morgan fingerprint density at radius 2 is 1.64 bits per heavy atom. The fourth-order valence-corrected chi connectivity index (χ4v) is 4.99. The van der Waals surface area contributed by atoms with Crippen molar-refractivity contribution < 1.29 is 9.53 Å². The second-order valence-electron chi connectivity index (χ2n) is 7.97. The molecule has 0 saturated carbocycles. The summed E-state index contributed by atoms with van der Waals surface area (Å²) in [6, 6.07) is 27.2. The van der Waals surface area contributed by atoms with Gasteiger partial charge in [0.2, 0.25) is 0 Å². The number of thiazole rings is 1. The number of benzene rings is 3. The molecule has 0 amide bonds. The van der Waals surface area contributed by atoms with E-state index in [2.05, 4.69) is 0 Å². The SMILES string of the molecule is CCOC(=O)c1cn(-c2ccc(Cl)cc2)nc1-c1sc(N(C)c2ccccc2)nc1-c1ccccc1. The third kappa shape index (κ3) is 4.76. The van der Waals surface area contributed by atoms with Crippen LogP contribution < -0.4 is 4.90 Å². The van der Waals surface area contributed by atoms with Crippen molar-refractivity contribution in [3.8, 4) is 27.5 Å². The summed E-state index contributed by atoms with van der Waals surface area (Å²) >= 11 is 7.56. The minimum Gasteiger partial charge on any atom is -0.462 e. The van der Waals surface area contributed by atoms with Gasteiger partial charge in [0.1, 0.15) is 11.3 Å². The van der Waals surface area contributed by atoms with Gasteiger partial charge in [-0.3, -0.25) is 0 Å². The first-order valence-corrected chi connectivity index (χ1v) is 12.6. The van der Waals surface area contributed by atoms with Crippen molar-refractivity contribution in [2.24, 2.45) is 0 Å². The number of para-hydroxylation sites is 1. The van der Waals surface area contributed by atoms with Gasteiger partial charge in [-0.25, -0.2) is 14.5 Å². The Balaban J connectivity index is 1.69. The van der Waals surface area contributed by atoms with E-state index in [1.807, 2.05) is 84.7 Å². The molecular formula is C28H23ClN4O2S. The second-order valence-corrected chi connectivity index (χ2v) is 9.38. The van der Waals surface area contributed by atoms with Gasteiger partial charge in [0.05, 0.1) is 22.9 Å². The van der Waals surface area contributed by atoms with Crippen LogP contribution in [-0.2, 0) is 4.74 Å². The molecule has 36 heavy (non-hydrogen) atoms. The first-order chi connectivity index (χ1) is 17.5. The molecule has 0 radical (unpaired) electrons. The summed E-state index contributed by atoms with van der Waals surface area (Å²) in [5.41, 5.74) is 4.38. The van der Waals surface area contributed by atoms with Crippen LogP contribution in [0.3, 0.4) is 0 Å². The molecule has 0 aliphatic heterocycles. The van der Waals surface area contributed by atoms with Crippen LogP contribution in [0.4, 0.5) is 10.8 Å². The zero-order chi connectivity index (χ0) is 25.1. The lowest BCUT2D eigenvalue weighted by Crippen LogP contribution is -2.08. The summed E-state index contributed by atoms with van der Waals surface area (Å²) in [7, 11) is 1.98. The summed E-state index contributed by atoms with van der Waals surface area (Å²) in [5.74, 6) is -0.432. The van der Waals surface area contributed by atoms with Gasteiger partial charge in [-0.1, -0.05) is 71.5 Å². The maximum Gasteiger partial charge on any atom is 0.342 e. The molecule has 2 heterocycles. The quantitative estimate of drug-likeness (QED) is 0.214. The molecule has 0 unspecified atom stereocenters. The maximum absolute atomic E-state index is 13.0. The predicted octanol–water partition coefficient (Wildman–Crippen LogP) is 7.26. The summed E-state index contributed by atoms with van der Waals surface area (Å²) in [5, 5.41) is 6.25. The number of hydrogen-bond donors (Lipinski definition) is 0. The molecule has 0 aliphatic rings. The van der Waals surface area contributed by atoms with Gasteiger partial charge in [-0.2, -0.15) is 5.10 Å². The van der Waals surface area contributed by atoms with Gasteiger partial charge >= 0.3 is 5.97 Å². The highest BCUT2D eigenvalue weighted by atomic mass is 35.5. The lowest BCUT2D eigenvalue weighted by atomic mass is 10.1. The Labute approximate surface area is 218 Å². The second kappa shape index (κ2) is 10.4. The average molecular weight is 515 g/mol. The lowest BCUT2D eigenvalue weighted by Gasteiger charge is -2.15. The van der Waals surface area contributed by atoms with Crippen molar-refractivity contribution in [2.45, 2.75) is 6.92 Å². The van der Waals surface area contributed by atoms with E-state index in [1.165, 1.54) is 11.3 Å². The molecule has 0 fully saturated rings. The molecule has 0 N–H and O–H groups in total. The van der Waals surface area contributed by atoms with Crippen molar-refractivity contribution in [1.82, 2.24) is 14.8 Å². The third-order valence-corrected chi connectivity index (χ3v) is 7.00. The fourth-order valence-electron chi connectivity index (χ4n) is 3.79. The van der Waals surface area contributed by atoms with Gasteiger partial charge < -0.3 is 9.64 Å². The highest BCUT2D eigenvalue weighted by molar-refractivity contribution is 7.19. The summed E-state index contributed by atoms with van der Waals surface area (Å²) in [6.07, 6.45) is 1.70. The minimum atomic E-state index is -0.432. The third-order valence-electron chi connectivity index (χ3n) is 5.61. The minimum absolute atomic E-state index is 0.265. The molecule has 0 atom stereocenters. The monoisotopic (exact) mass is 514 g/mol. The van der Waals surface area contributed by atoms with Crippen molar-refractivity contribution in [3.63, 3.8) is 0 Å². The topological polar surface area (TPSA) is 60.3 Å². The van der Waals surface area contributed by atoms with Crippen LogP contribution in [0.25, 0.3) is 27.5 Å². The van der Waals surface area contributed by atoms with E-state index in [0.717, 1.165) is 32.6 Å². The highest BCUT2D eigenvalue weighted by Crippen LogP contribution is 2.42. The van der Waals surface area contributed by atoms with Crippen molar-refractivity contribution in [1.29, 1.82) is 0 Å². The van der Waals surface area contributed by atoms with E-state index in [9.17, 15) is 4.79 Å². The number of carbonyl (C=O) groups excluding carboxylic acids is 1. The first-order valence-electron chi connectivity index (χ1n) is 11.4. The van der Waals surface area contributed by atoms with Crippen molar-refractivity contribution in [2.75, 3.05) is 18.6 Å². The fraction of sp³-hybridized carbons (Fsp3) is 0.107. The first kappa shape index (κ1) is 23.8. The zero-order valence-electron chi connectivity index (χ0n) is 19.8. The number of ether oxygens (including phenoxy) is 1. The number of nitrogens with zero attached hydrogens (tertiary/aromatic N) is 4. The molecule has 0 bridgehead atoms. The Hall–Kier alpha value is -3.94. The molecule has 2 aromatic heterocycles.